The van der Waals surface area contributed by atoms with Crippen LogP contribution in [0, 0.1) is 0 Å². The summed E-state index contributed by atoms with van der Waals surface area (Å²) in [4.78, 5) is 18.4. The van der Waals surface area contributed by atoms with Gasteiger partial charge >= 0.3 is 0 Å². The number of carbonyl (C=O) groups is 1. The molecule has 7 nitrogen and oxygen atoms in total. The third-order valence-electron chi connectivity index (χ3n) is 5.74. The van der Waals surface area contributed by atoms with Crippen LogP contribution in [-0.2, 0) is 10.0 Å². The van der Waals surface area contributed by atoms with Crippen molar-refractivity contribution >= 4 is 33.4 Å². The molecule has 1 amide bonds. The molecule has 1 saturated heterocycles. The smallest absolute Gasteiger partial charge is 0.264 e. The van der Waals surface area contributed by atoms with Crippen LogP contribution in [0.15, 0.2) is 58.3 Å². The van der Waals surface area contributed by atoms with Crippen LogP contribution in [0.1, 0.15) is 16.8 Å². The van der Waals surface area contributed by atoms with Gasteiger partial charge in [-0.1, -0.05) is 0 Å². The molecule has 0 atom stereocenters. The summed E-state index contributed by atoms with van der Waals surface area (Å²) in [6.07, 6.45) is 2.85. The minimum absolute atomic E-state index is 0.145. The molecular formula is C23H32N4O3S2. The Kier molecular flexibility index (Phi) is 8.58. The quantitative estimate of drug-likeness (QED) is 0.443. The fourth-order valence-corrected chi connectivity index (χ4v) is 5.15. The van der Waals surface area contributed by atoms with E-state index in [0.29, 0.717) is 17.8 Å². The monoisotopic (exact) mass is 476 g/mol. The molecule has 3 rings (SSSR count). The van der Waals surface area contributed by atoms with Crippen LogP contribution in [0.3, 0.4) is 0 Å². The molecule has 1 aliphatic heterocycles. The first kappa shape index (κ1) is 24.6. The molecule has 0 saturated carbocycles. The lowest BCUT2D eigenvalue weighted by atomic mass is 10.2. The van der Waals surface area contributed by atoms with Gasteiger partial charge in [-0.15, -0.1) is 11.8 Å². The molecule has 2 aromatic rings. The SMILES string of the molecule is CSc1ccc(S(=O)(=O)N(C)c2ccc(C(=O)NCCCN3CCN(C)CC3)cc2)cc1. The molecular weight excluding hydrogens is 444 g/mol. The van der Waals surface area contributed by atoms with E-state index in [1.807, 2.05) is 6.26 Å². The van der Waals surface area contributed by atoms with E-state index in [1.165, 1.54) is 11.4 Å². The predicted molar refractivity (Wildman–Crippen MR) is 131 cm³/mol. The summed E-state index contributed by atoms with van der Waals surface area (Å²) in [6, 6.07) is 13.5. The maximum absolute atomic E-state index is 12.9. The van der Waals surface area contributed by atoms with Crippen LogP contribution < -0.4 is 9.62 Å². The number of thioether (sulfide) groups is 1. The Morgan fingerprint density at radius 3 is 2.25 bits per heavy atom. The van der Waals surface area contributed by atoms with Gasteiger partial charge in [0.1, 0.15) is 0 Å². The summed E-state index contributed by atoms with van der Waals surface area (Å²) in [7, 11) is -0.00916. The highest BCUT2D eigenvalue weighted by Crippen LogP contribution is 2.24. The summed E-state index contributed by atoms with van der Waals surface area (Å²) in [6.45, 7) is 5.92. The van der Waals surface area contributed by atoms with Gasteiger partial charge in [-0.3, -0.25) is 9.10 Å². The molecule has 2 aromatic carbocycles. The predicted octanol–water partition coefficient (Wildman–Crippen LogP) is 2.60. The van der Waals surface area contributed by atoms with Crippen molar-refractivity contribution in [2.24, 2.45) is 0 Å². The number of benzene rings is 2. The summed E-state index contributed by atoms with van der Waals surface area (Å²) in [5, 5.41) is 2.95. The fourth-order valence-electron chi connectivity index (χ4n) is 3.55. The Morgan fingerprint density at radius 1 is 1.03 bits per heavy atom. The van der Waals surface area contributed by atoms with Crippen molar-refractivity contribution in [3.05, 3.63) is 54.1 Å². The van der Waals surface area contributed by atoms with E-state index in [2.05, 4.69) is 22.2 Å². The maximum Gasteiger partial charge on any atom is 0.264 e. The van der Waals surface area contributed by atoms with Crippen LogP contribution in [0.2, 0.25) is 0 Å². The second-order valence-electron chi connectivity index (χ2n) is 7.95. The van der Waals surface area contributed by atoms with E-state index in [4.69, 9.17) is 0 Å². The summed E-state index contributed by atoms with van der Waals surface area (Å²) >= 11 is 1.56. The van der Waals surface area contributed by atoms with Crippen LogP contribution >= 0.6 is 11.8 Å². The molecule has 0 spiro atoms. The Morgan fingerprint density at radius 2 is 1.66 bits per heavy atom. The third kappa shape index (κ3) is 6.25. The molecule has 0 aliphatic carbocycles. The highest BCUT2D eigenvalue weighted by molar-refractivity contribution is 7.98. The van der Waals surface area contributed by atoms with Crippen molar-refractivity contribution in [2.75, 3.05) is 63.9 Å². The van der Waals surface area contributed by atoms with Gasteiger partial charge < -0.3 is 15.1 Å². The molecule has 1 fully saturated rings. The van der Waals surface area contributed by atoms with Gasteiger partial charge in [0.25, 0.3) is 15.9 Å². The largest absolute Gasteiger partial charge is 0.352 e. The van der Waals surface area contributed by atoms with Crippen molar-refractivity contribution in [3.8, 4) is 0 Å². The molecule has 0 unspecified atom stereocenters. The second-order valence-corrected chi connectivity index (χ2v) is 10.8. The number of nitrogens with zero attached hydrogens (tertiary/aromatic N) is 3. The number of amides is 1. The second kappa shape index (κ2) is 11.2. The van der Waals surface area contributed by atoms with Gasteiger partial charge in [0.2, 0.25) is 0 Å². The average Bonchev–Trinajstić information content (AvgIpc) is 2.82. The van der Waals surface area contributed by atoms with Gasteiger partial charge in [-0.05, 0) is 74.8 Å². The van der Waals surface area contributed by atoms with Crippen molar-refractivity contribution in [2.45, 2.75) is 16.2 Å². The van der Waals surface area contributed by atoms with Gasteiger partial charge in [0.05, 0.1) is 10.6 Å². The number of hydrogen-bond acceptors (Lipinski definition) is 6. The molecule has 1 aliphatic rings. The van der Waals surface area contributed by atoms with E-state index in [0.717, 1.165) is 44.0 Å². The number of likely N-dealkylation sites (N-methyl/N-ethyl adjacent to an activating group) is 1. The number of piperazine rings is 1. The molecule has 1 heterocycles. The number of anilines is 1. The van der Waals surface area contributed by atoms with Crippen LogP contribution in [0.25, 0.3) is 0 Å². The van der Waals surface area contributed by atoms with Gasteiger partial charge in [0.15, 0.2) is 0 Å². The molecule has 0 aromatic heterocycles. The van der Waals surface area contributed by atoms with E-state index in [1.54, 1.807) is 60.3 Å². The van der Waals surface area contributed by atoms with Gasteiger partial charge in [-0.25, -0.2) is 8.42 Å². The lowest BCUT2D eigenvalue weighted by Gasteiger charge is -2.32. The number of rotatable bonds is 9. The molecule has 174 valence electrons. The molecule has 0 bridgehead atoms. The van der Waals surface area contributed by atoms with Crippen LogP contribution in [0.5, 0.6) is 0 Å². The summed E-state index contributed by atoms with van der Waals surface area (Å²) in [5.41, 5.74) is 1.02. The maximum atomic E-state index is 12.9. The first-order chi connectivity index (χ1) is 15.3. The van der Waals surface area contributed by atoms with Crippen molar-refractivity contribution in [1.82, 2.24) is 15.1 Å². The summed E-state index contributed by atoms with van der Waals surface area (Å²) < 4.78 is 27.0. The molecule has 0 radical (unpaired) electrons. The van der Waals surface area contributed by atoms with E-state index < -0.39 is 10.0 Å². The fraction of sp³-hybridized carbons (Fsp3) is 0.435. The number of hydrogen-bond donors (Lipinski definition) is 1. The van der Waals surface area contributed by atoms with E-state index in [9.17, 15) is 13.2 Å². The van der Waals surface area contributed by atoms with Gasteiger partial charge in [0, 0.05) is 50.2 Å². The molecule has 1 N–H and O–H groups in total. The molecule has 9 heteroatoms. The normalized spacial score (nSPS) is 15.5. The summed E-state index contributed by atoms with van der Waals surface area (Å²) in [5.74, 6) is -0.145. The zero-order valence-electron chi connectivity index (χ0n) is 19.0. The topological polar surface area (TPSA) is 73.0 Å². The minimum Gasteiger partial charge on any atom is -0.352 e. The number of sulfonamides is 1. The standard InChI is InChI=1S/C23H32N4O3S2/c1-25-15-17-27(18-16-25)14-4-13-24-23(28)19-5-7-20(8-6-19)26(2)32(29,30)22-11-9-21(31-3)10-12-22/h5-12H,4,13-18H2,1-3H3,(H,24,28). The zero-order valence-corrected chi connectivity index (χ0v) is 20.6. The molecule has 32 heavy (non-hydrogen) atoms. The Balaban J connectivity index is 1.52. The lowest BCUT2D eigenvalue weighted by molar-refractivity contribution is 0.0949. The van der Waals surface area contributed by atoms with Crippen LogP contribution in [-0.4, -0.2) is 83.7 Å². The highest BCUT2D eigenvalue weighted by atomic mass is 32.2. The van der Waals surface area contributed by atoms with Crippen molar-refractivity contribution in [3.63, 3.8) is 0 Å². The minimum atomic E-state index is -3.67. The third-order valence-corrected chi connectivity index (χ3v) is 8.29. The Bertz CT molecular complexity index is 987. The van der Waals surface area contributed by atoms with Crippen molar-refractivity contribution in [1.29, 1.82) is 0 Å². The Hall–Kier alpha value is -2.07. The number of carbonyl (C=O) groups excluding carboxylic acids is 1. The van der Waals surface area contributed by atoms with E-state index in [-0.39, 0.29) is 10.8 Å². The first-order valence-electron chi connectivity index (χ1n) is 10.7. The average molecular weight is 477 g/mol. The zero-order chi connectivity index (χ0) is 23.1. The Labute approximate surface area is 195 Å². The van der Waals surface area contributed by atoms with Crippen LogP contribution in [0.4, 0.5) is 5.69 Å². The van der Waals surface area contributed by atoms with Crippen molar-refractivity contribution < 1.29 is 13.2 Å². The lowest BCUT2D eigenvalue weighted by Crippen LogP contribution is -2.45. The van der Waals surface area contributed by atoms with E-state index >= 15 is 0 Å². The highest BCUT2D eigenvalue weighted by Gasteiger charge is 2.21. The number of nitrogens with one attached hydrogen (secondary N) is 1. The first-order valence-corrected chi connectivity index (χ1v) is 13.4. The van der Waals surface area contributed by atoms with Gasteiger partial charge in [-0.2, -0.15) is 0 Å².